The van der Waals surface area contributed by atoms with Crippen molar-refractivity contribution in [1.82, 2.24) is 19.6 Å². The summed E-state index contributed by atoms with van der Waals surface area (Å²) in [4.78, 5) is 18.6. The van der Waals surface area contributed by atoms with Gasteiger partial charge in [-0.25, -0.2) is 13.2 Å². The van der Waals surface area contributed by atoms with E-state index in [2.05, 4.69) is 9.82 Å². The van der Waals surface area contributed by atoms with Gasteiger partial charge in [0.1, 0.15) is 0 Å². The molecule has 0 bridgehead atoms. The highest BCUT2D eigenvalue weighted by molar-refractivity contribution is 7.92. The zero-order chi connectivity index (χ0) is 27.2. The third kappa shape index (κ3) is 5.78. The summed E-state index contributed by atoms with van der Waals surface area (Å²) in [6, 6.07) is 4.55. The number of anilines is 2. The van der Waals surface area contributed by atoms with Crippen molar-refractivity contribution in [2.45, 2.75) is 44.4 Å². The predicted octanol–water partition coefficient (Wildman–Crippen LogP) is 3.68. The van der Waals surface area contributed by atoms with Gasteiger partial charge in [-0.2, -0.15) is 23.0 Å². The summed E-state index contributed by atoms with van der Waals surface area (Å²) in [5.74, 6) is 0.519. The molecule has 1 aliphatic carbocycles. The van der Waals surface area contributed by atoms with E-state index in [1.807, 2.05) is 22.9 Å². The molecule has 1 unspecified atom stereocenters. The van der Waals surface area contributed by atoms with E-state index >= 15 is 0 Å². The number of carbonyl (C=O) groups is 1. The second kappa shape index (κ2) is 10.1. The quantitative estimate of drug-likeness (QED) is 0.586. The van der Waals surface area contributed by atoms with Crippen LogP contribution in [0.1, 0.15) is 36.8 Å². The van der Waals surface area contributed by atoms with Gasteiger partial charge in [-0.1, -0.05) is 6.07 Å². The molecule has 1 amide bonds. The molecule has 1 aromatic heterocycles. The van der Waals surface area contributed by atoms with E-state index in [1.54, 1.807) is 11.0 Å². The Morgan fingerprint density at radius 2 is 1.82 bits per heavy atom. The lowest BCUT2D eigenvalue weighted by molar-refractivity contribution is -0.138. The highest BCUT2D eigenvalue weighted by Crippen LogP contribution is 2.41. The number of nitrogens with zero attached hydrogens (tertiary/aromatic N) is 5. The molecule has 3 heterocycles. The minimum Gasteiger partial charge on any atom is -0.372 e. The van der Waals surface area contributed by atoms with Crippen LogP contribution in [0.4, 0.5) is 29.3 Å². The van der Waals surface area contributed by atoms with Crippen molar-refractivity contribution >= 4 is 27.4 Å². The minimum atomic E-state index is -4.41. The Hall–Kier alpha value is -2.80. The molecule has 208 valence electrons. The van der Waals surface area contributed by atoms with E-state index in [1.165, 1.54) is 18.5 Å². The summed E-state index contributed by atoms with van der Waals surface area (Å²) in [6.45, 7) is 2.88. The van der Waals surface area contributed by atoms with Crippen molar-refractivity contribution in [3.63, 3.8) is 0 Å². The largest absolute Gasteiger partial charge is 0.416 e. The third-order valence-electron chi connectivity index (χ3n) is 7.99. The number of benzene rings is 1. The standard InChI is InChI=1S/C25H33F3N6O3S/c1-31(13-17-5-6-21(32-7-3-4-8-32)11-23(17)25(26,27)28)22-9-18-14-33(15-19(18)10-22)24(35)34-16-20(12-29-34)30-38(2,36)37/h5-6,11-12,16,18-19,22,30H,3-4,7-10,13-15H2,1-2H3/t18-,19+,22?. The van der Waals surface area contributed by atoms with Crippen molar-refractivity contribution in [3.05, 3.63) is 41.7 Å². The first-order valence-electron chi connectivity index (χ1n) is 12.8. The minimum absolute atomic E-state index is 0.136. The Kier molecular flexibility index (Phi) is 7.10. The number of rotatable bonds is 6. The van der Waals surface area contributed by atoms with Crippen LogP contribution in [0.5, 0.6) is 0 Å². The number of aromatic nitrogens is 2. The molecule has 2 aliphatic heterocycles. The summed E-state index contributed by atoms with van der Waals surface area (Å²) in [5.41, 5.74) is 0.577. The highest BCUT2D eigenvalue weighted by atomic mass is 32.2. The van der Waals surface area contributed by atoms with Gasteiger partial charge >= 0.3 is 12.2 Å². The van der Waals surface area contributed by atoms with Crippen LogP contribution in [0.25, 0.3) is 0 Å². The average molecular weight is 555 g/mol. The number of nitrogens with one attached hydrogen (secondary N) is 1. The van der Waals surface area contributed by atoms with Gasteiger partial charge in [-0.3, -0.25) is 9.62 Å². The molecular weight excluding hydrogens is 521 g/mol. The molecule has 0 radical (unpaired) electrons. The van der Waals surface area contributed by atoms with Crippen LogP contribution >= 0.6 is 0 Å². The number of alkyl halides is 3. The molecule has 1 saturated carbocycles. The first-order chi connectivity index (χ1) is 17.9. The van der Waals surface area contributed by atoms with Crippen molar-refractivity contribution in [2.24, 2.45) is 11.8 Å². The maximum absolute atomic E-state index is 14.0. The van der Waals surface area contributed by atoms with Gasteiger partial charge in [-0.05, 0) is 62.3 Å². The fraction of sp³-hybridized carbons (Fsp3) is 0.600. The van der Waals surface area contributed by atoms with E-state index in [4.69, 9.17) is 0 Å². The maximum Gasteiger partial charge on any atom is 0.416 e. The van der Waals surface area contributed by atoms with Gasteiger partial charge in [0.25, 0.3) is 0 Å². The lowest BCUT2D eigenvalue weighted by atomic mass is 10.0. The van der Waals surface area contributed by atoms with Crippen molar-refractivity contribution < 1.29 is 26.4 Å². The number of amides is 1. The van der Waals surface area contributed by atoms with E-state index in [-0.39, 0.29) is 41.7 Å². The van der Waals surface area contributed by atoms with Crippen LogP contribution < -0.4 is 9.62 Å². The van der Waals surface area contributed by atoms with Crippen molar-refractivity contribution in [3.8, 4) is 0 Å². The molecule has 13 heteroatoms. The van der Waals surface area contributed by atoms with E-state index in [0.29, 0.717) is 18.8 Å². The molecule has 1 N–H and O–H groups in total. The summed E-state index contributed by atoms with van der Waals surface area (Å²) in [6.07, 6.45) is 2.85. The molecule has 5 rings (SSSR count). The summed E-state index contributed by atoms with van der Waals surface area (Å²) in [7, 11) is -1.59. The lowest BCUT2D eigenvalue weighted by Gasteiger charge is -2.28. The summed E-state index contributed by atoms with van der Waals surface area (Å²) >= 11 is 0. The van der Waals surface area contributed by atoms with Crippen LogP contribution in [0.2, 0.25) is 0 Å². The molecule has 3 aliphatic rings. The van der Waals surface area contributed by atoms with Gasteiger partial charge in [0, 0.05) is 44.5 Å². The Labute approximate surface area is 220 Å². The number of hydrogen-bond acceptors (Lipinski definition) is 6. The molecule has 3 fully saturated rings. The van der Waals surface area contributed by atoms with Gasteiger partial charge in [0.05, 0.1) is 29.9 Å². The second-order valence-electron chi connectivity index (χ2n) is 10.8. The average Bonchev–Trinajstić information content (AvgIpc) is 3.60. The first kappa shape index (κ1) is 26.8. The number of likely N-dealkylation sites (tertiary alicyclic amines) is 1. The number of carbonyl (C=O) groups excluding carboxylic acids is 1. The number of sulfonamides is 1. The molecule has 2 saturated heterocycles. The van der Waals surface area contributed by atoms with Gasteiger partial charge in [0.15, 0.2) is 0 Å². The van der Waals surface area contributed by atoms with E-state index in [9.17, 15) is 26.4 Å². The SMILES string of the molecule is CN(Cc1ccc(N2CCCC2)cc1C(F)(F)F)C1C[C@@H]2CN(C(=O)n3cc(NS(C)(=O)=O)cn3)C[C@@H]2C1. The predicted molar refractivity (Wildman–Crippen MR) is 137 cm³/mol. The Morgan fingerprint density at radius 3 is 2.42 bits per heavy atom. The van der Waals surface area contributed by atoms with Crippen LogP contribution in [0.3, 0.4) is 0 Å². The number of fused-ring (bicyclic) bond motifs is 1. The number of halogens is 3. The maximum atomic E-state index is 14.0. The van der Waals surface area contributed by atoms with E-state index < -0.39 is 21.8 Å². The normalized spacial score (nSPS) is 23.9. The Morgan fingerprint density at radius 1 is 1.16 bits per heavy atom. The zero-order valence-electron chi connectivity index (χ0n) is 21.5. The van der Waals surface area contributed by atoms with Crippen LogP contribution in [0.15, 0.2) is 30.6 Å². The van der Waals surface area contributed by atoms with Gasteiger partial charge in [-0.15, -0.1) is 0 Å². The monoisotopic (exact) mass is 554 g/mol. The second-order valence-corrected chi connectivity index (χ2v) is 12.6. The summed E-state index contributed by atoms with van der Waals surface area (Å²) < 4.78 is 68.1. The molecule has 9 nitrogen and oxygen atoms in total. The van der Waals surface area contributed by atoms with Gasteiger partial charge in [0.2, 0.25) is 10.0 Å². The molecule has 38 heavy (non-hydrogen) atoms. The molecule has 0 spiro atoms. The van der Waals surface area contributed by atoms with E-state index in [0.717, 1.165) is 49.7 Å². The Bertz CT molecular complexity index is 1280. The highest BCUT2D eigenvalue weighted by Gasteiger charge is 2.44. The molecule has 1 aromatic carbocycles. The van der Waals surface area contributed by atoms with Crippen LogP contribution in [0, 0.1) is 11.8 Å². The van der Waals surface area contributed by atoms with Crippen LogP contribution in [-0.2, 0) is 22.7 Å². The lowest BCUT2D eigenvalue weighted by Crippen LogP contribution is -2.36. The van der Waals surface area contributed by atoms with Gasteiger partial charge < -0.3 is 9.80 Å². The van der Waals surface area contributed by atoms with Crippen LogP contribution in [-0.4, -0.2) is 79.6 Å². The smallest absolute Gasteiger partial charge is 0.372 e. The summed E-state index contributed by atoms with van der Waals surface area (Å²) in [5, 5.41) is 3.98. The molecule has 2 aromatic rings. The fourth-order valence-corrected chi connectivity index (χ4v) is 6.69. The zero-order valence-corrected chi connectivity index (χ0v) is 22.3. The third-order valence-corrected chi connectivity index (χ3v) is 8.60. The Balaban J connectivity index is 1.20. The molecular formula is C25H33F3N6O3S. The topological polar surface area (TPSA) is 90.8 Å². The van der Waals surface area contributed by atoms with Crippen molar-refractivity contribution in [1.29, 1.82) is 0 Å². The number of hydrogen-bond donors (Lipinski definition) is 1. The fourth-order valence-electron chi connectivity index (χ4n) is 6.16. The first-order valence-corrected chi connectivity index (χ1v) is 14.7. The van der Waals surface area contributed by atoms with Crippen molar-refractivity contribution in [2.75, 3.05) is 49.1 Å². The molecule has 3 atom stereocenters.